The molecule has 4 heteroatoms. The number of imidazole rings is 1. The molecule has 2 heterocycles. The predicted molar refractivity (Wildman–Crippen MR) is 57.5 cm³/mol. The van der Waals surface area contributed by atoms with E-state index >= 15 is 0 Å². The van der Waals surface area contributed by atoms with E-state index in [1.165, 1.54) is 3.57 Å². The van der Waals surface area contributed by atoms with Crippen LogP contribution in [-0.2, 0) is 5.88 Å². The molecule has 0 aliphatic heterocycles. The molecule has 0 fully saturated rings. The van der Waals surface area contributed by atoms with Crippen molar-refractivity contribution in [3.05, 3.63) is 33.8 Å². The second kappa shape index (κ2) is 3.22. The van der Waals surface area contributed by atoms with Gasteiger partial charge in [-0.1, -0.05) is 0 Å². The van der Waals surface area contributed by atoms with Crippen LogP contribution < -0.4 is 0 Å². The Morgan fingerprint density at radius 2 is 2.42 bits per heavy atom. The first-order valence-corrected chi connectivity index (χ1v) is 5.10. The number of aromatic nitrogens is 2. The smallest absolute Gasteiger partial charge is 0.138 e. The molecule has 0 radical (unpaired) electrons. The lowest BCUT2D eigenvalue weighted by Gasteiger charge is -1.91. The van der Waals surface area contributed by atoms with Crippen LogP contribution in [-0.4, -0.2) is 9.38 Å². The van der Waals surface area contributed by atoms with Crippen molar-refractivity contribution in [3.63, 3.8) is 0 Å². The summed E-state index contributed by atoms with van der Waals surface area (Å²) < 4.78 is 3.16. The second-order valence-electron chi connectivity index (χ2n) is 2.48. The van der Waals surface area contributed by atoms with Gasteiger partial charge in [0, 0.05) is 16.0 Å². The Hall–Kier alpha value is -0.290. The van der Waals surface area contributed by atoms with Crippen LogP contribution >= 0.6 is 34.2 Å². The third-order valence-corrected chi connectivity index (χ3v) is 2.55. The Bertz CT molecular complexity index is 410. The van der Waals surface area contributed by atoms with Gasteiger partial charge in [0.1, 0.15) is 5.65 Å². The van der Waals surface area contributed by atoms with Crippen LogP contribution in [0, 0.1) is 3.57 Å². The summed E-state index contributed by atoms with van der Waals surface area (Å²) in [5.41, 5.74) is 1.87. The van der Waals surface area contributed by atoms with Gasteiger partial charge in [-0.3, -0.25) is 0 Å². The SMILES string of the molecule is ClCc1cn2ccc(I)cc2n1. The lowest BCUT2D eigenvalue weighted by Crippen LogP contribution is -1.81. The van der Waals surface area contributed by atoms with Crippen LogP contribution in [0.1, 0.15) is 5.69 Å². The lowest BCUT2D eigenvalue weighted by atomic mass is 10.5. The molecular weight excluding hydrogens is 286 g/mol. The average molecular weight is 293 g/mol. The van der Waals surface area contributed by atoms with Gasteiger partial charge in [-0.15, -0.1) is 11.6 Å². The fourth-order valence-corrected chi connectivity index (χ4v) is 1.64. The van der Waals surface area contributed by atoms with E-state index in [1.807, 2.05) is 28.9 Å². The minimum Gasteiger partial charge on any atom is -0.307 e. The van der Waals surface area contributed by atoms with Crippen LogP contribution in [0.2, 0.25) is 0 Å². The third-order valence-electron chi connectivity index (χ3n) is 1.61. The molecule has 0 aromatic carbocycles. The van der Waals surface area contributed by atoms with Gasteiger partial charge in [-0.2, -0.15) is 0 Å². The first kappa shape index (κ1) is 8.31. The van der Waals surface area contributed by atoms with Gasteiger partial charge in [-0.25, -0.2) is 4.98 Å². The molecule has 0 amide bonds. The van der Waals surface area contributed by atoms with Crippen molar-refractivity contribution in [2.24, 2.45) is 0 Å². The zero-order valence-electron chi connectivity index (χ0n) is 6.17. The first-order chi connectivity index (χ1) is 5.79. The number of nitrogens with zero attached hydrogens (tertiary/aromatic N) is 2. The highest BCUT2D eigenvalue weighted by atomic mass is 127. The normalized spacial score (nSPS) is 10.8. The molecule has 0 bridgehead atoms. The molecule has 0 spiro atoms. The zero-order valence-corrected chi connectivity index (χ0v) is 9.08. The molecule has 2 nitrogen and oxygen atoms in total. The summed E-state index contributed by atoms with van der Waals surface area (Å²) in [6.45, 7) is 0. The van der Waals surface area contributed by atoms with Crippen LogP contribution in [0.3, 0.4) is 0 Å². The van der Waals surface area contributed by atoms with Crippen molar-refractivity contribution >= 4 is 39.8 Å². The van der Waals surface area contributed by atoms with E-state index in [0.29, 0.717) is 5.88 Å². The number of pyridine rings is 1. The predicted octanol–water partition coefficient (Wildman–Crippen LogP) is 2.68. The van der Waals surface area contributed by atoms with Crippen LogP contribution in [0.5, 0.6) is 0 Å². The number of alkyl halides is 1. The molecule has 0 saturated heterocycles. The van der Waals surface area contributed by atoms with Crippen molar-refractivity contribution in [2.45, 2.75) is 5.88 Å². The Kier molecular flexibility index (Phi) is 2.23. The minimum atomic E-state index is 0.470. The summed E-state index contributed by atoms with van der Waals surface area (Å²) in [5, 5.41) is 0. The van der Waals surface area contributed by atoms with Crippen molar-refractivity contribution in [3.8, 4) is 0 Å². The molecule has 62 valence electrons. The van der Waals surface area contributed by atoms with Crippen molar-refractivity contribution in [2.75, 3.05) is 0 Å². The maximum absolute atomic E-state index is 5.66. The molecule has 12 heavy (non-hydrogen) atoms. The monoisotopic (exact) mass is 292 g/mol. The number of halogens is 2. The Labute approximate surface area is 88.7 Å². The number of rotatable bonds is 1. The highest BCUT2D eigenvalue weighted by Crippen LogP contribution is 2.10. The van der Waals surface area contributed by atoms with E-state index in [1.54, 1.807) is 0 Å². The summed E-state index contributed by atoms with van der Waals surface area (Å²) in [7, 11) is 0. The summed E-state index contributed by atoms with van der Waals surface area (Å²) in [5.74, 6) is 0.470. The van der Waals surface area contributed by atoms with Gasteiger partial charge in [0.15, 0.2) is 0 Å². The average Bonchev–Trinajstić information content (AvgIpc) is 2.46. The van der Waals surface area contributed by atoms with Gasteiger partial charge in [-0.05, 0) is 34.7 Å². The van der Waals surface area contributed by atoms with E-state index in [-0.39, 0.29) is 0 Å². The van der Waals surface area contributed by atoms with Crippen molar-refractivity contribution in [1.29, 1.82) is 0 Å². The molecule has 0 unspecified atom stereocenters. The van der Waals surface area contributed by atoms with E-state index in [0.717, 1.165) is 11.3 Å². The fourth-order valence-electron chi connectivity index (χ4n) is 1.07. The number of hydrogen-bond acceptors (Lipinski definition) is 1. The van der Waals surface area contributed by atoms with Gasteiger partial charge < -0.3 is 4.40 Å². The molecule has 0 aliphatic rings. The minimum absolute atomic E-state index is 0.470. The third kappa shape index (κ3) is 1.43. The van der Waals surface area contributed by atoms with Gasteiger partial charge in [0.05, 0.1) is 11.6 Å². The molecule has 2 aromatic heterocycles. The van der Waals surface area contributed by atoms with Crippen molar-refractivity contribution in [1.82, 2.24) is 9.38 Å². The van der Waals surface area contributed by atoms with E-state index in [9.17, 15) is 0 Å². The summed E-state index contributed by atoms with van der Waals surface area (Å²) in [4.78, 5) is 4.32. The Morgan fingerprint density at radius 3 is 3.17 bits per heavy atom. The highest BCUT2D eigenvalue weighted by molar-refractivity contribution is 14.1. The van der Waals surface area contributed by atoms with E-state index in [4.69, 9.17) is 11.6 Å². The number of fused-ring (bicyclic) bond motifs is 1. The van der Waals surface area contributed by atoms with Crippen LogP contribution in [0.4, 0.5) is 0 Å². The molecule has 0 saturated carbocycles. The summed E-state index contributed by atoms with van der Waals surface area (Å²) in [6, 6.07) is 4.06. The Morgan fingerprint density at radius 1 is 1.58 bits per heavy atom. The Balaban J connectivity index is 2.67. The highest BCUT2D eigenvalue weighted by Gasteiger charge is 1.99. The zero-order chi connectivity index (χ0) is 8.55. The van der Waals surface area contributed by atoms with Crippen LogP contribution in [0.25, 0.3) is 5.65 Å². The lowest BCUT2D eigenvalue weighted by molar-refractivity contribution is 1.18. The largest absolute Gasteiger partial charge is 0.307 e. The molecule has 2 rings (SSSR count). The van der Waals surface area contributed by atoms with E-state index in [2.05, 4.69) is 27.6 Å². The standard InChI is InChI=1S/C8H6ClIN2/c9-4-7-5-12-2-1-6(10)3-8(12)11-7/h1-3,5H,4H2. The molecule has 0 atom stereocenters. The van der Waals surface area contributed by atoms with Gasteiger partial charge in [0.2, 0.25) is 0 Å². The van der Waals surface area contributed by atoms with E-state index < -0.39 is 0 Å². The number of hydrogen-bond donors (Lipinski definition) is 0. The molecule has 0 aliphatic carbocycles. The maximum Gasteiger partial charge on any atom is 0.138 e. The summed E-state index contributed by atoms with van der Waals surface area (Å²) in [6.07, 6.45) is 3.93. The van der Waals surface area contributed by atoms with Crippen LogP contribution in [0.15, 0.2) is 24.5 Å². The quantitative estimate of drug-likeness (QED) is 0.583. The topological polar surface area (TPSA) is 17.3 Å². The van der Waals surface area contributed by atoms with Gasteiger partial charge in [0.25, 0.3) is 0 Å². The van der Waals surface area contributed by atoms with Gasteiger partial charge >= 0.3 is 0 Å². The first-order valence-electron chi connectivity index (χ1n) is 3.49. The molecule has 2 aromatic rings. The molecule has 0 N–H and O–H groups in total. The summed E-state index contributed by atoms with van der Waals surface area (Å²) >= 11 is 7.92. The molecular formula is C8H6ClIN2. The maximum atomic E-state index is 5.66. The van der Waals surface area contributed by atoms with Crippen molar-refractivity contribution < 1.29 is 0 Å². The second-order valence-corrected chi connectivity index (χ2v) is 3.99. The fraction of sp³-hybridized carbons (Fsp3) is 0.125.